The van der Waals surface area contributed by atoms with Crippen LogP contribution in [-0.2, 0) is 4.74 Å². The quantitative estimate of drug-likeness (QED) is 0.759. The van der Waals surface area contributed by atoms with Gasteiger partial charge in [-0.3, -0.25) is 5.32 Å². The van der Waals surface area contributed by atoms with E-state index in [0.717, 1.165) is 16.6 Å². The predicted molar refractivity (Wildman–Crippen MR) is 80.4 cm³/mol. The van der Waals surface area contributed by atoms with Gasteiger partial charge in [0.05, 0.1) is 17.8 Å². The molecule has 0 saturated heterocycles. The lowest BCUT2D eigenvalue weighted by molar-refractivity contribution is 0.187. The highest BCUT2D eigenvalue weighted by Gasteiger charge is 2.10. The number of aromatic amines is 1. The summed E-state index contributed by atoms with van der Waals surface area (Å²) in [6.45, 7) is 0. The number of nitrogens with zero attached hydrogens (tertiary/aromatic N) is 2. The summed E-state index contributed by atoms with van der Waals surface area (Å²) in [5.41, 5.74) is 2.27. The number of nitrogens with one attached hydrogen (secondary N) is 2. The molecule has 0 radical (unpaired) electrons. The van der Waals surface area contributed by atoms with Crippen LogP contribution in [0.15, 0.2) is 36.7 Å². The number of rotatable bonds is 2. The maximum Gasteiger partial charge on any atom is 0.412 e. The van der Waals surface area contributed by atoms with Crippen molar-refractivity contribution in [2.45, 2.75) is 0 Å². The number of aromatic nitrogens is 3. The van der Waals surface area contributed by atoms with Gasteiger partial charge in [0.25, 0.3) is 0 Å². The summed E-state index contributed by atoms with van der Waals surface area (Å²) >= 11 is 5.98. The number of pyridine rings is 2. The number of halogens is 1. The van der Waals surface area contributed by atoms with Gasteiger partial charge in [0.2, 0.25) is 0 Å². The summed E-state index contributed by atoms with van der Waals surface area (Å²) < 4.78 is 4.55. The zero-order valence-electron chi connectivity index (χ0n) is 11.1. The highest BCUT2D eigenvalue weighted by Crippen LogP contribution is 2.28. The van der Waals surface area contributed by atoms with Crippen molar-refractivity contribution < 1.29 is 9.53 Å². The summed E-state index contributed by atoms with van der Waals surface area (Å²) in [5, 5.41) is 3.94. The van der Waals surface area contributed by atoms with E-state index in [1.807, 2.05) is 12.1 Å². The molecule has 0 fully saturated rings. The van der Waals surface area contributed by atoms with Gasteiger partial charge in [-0.2, -0.15) is 0 Å². The molecule has 106 valence electrons. The monoisotopic (exact) mass is 302 g/mol. The molecule has 1 amide bonds. The Morgan fingerprint density at radius 2 is 2.29 bits per heavy atom. The summed E-state index contributed by atoms with van der Waals surface area (Å²) in [6.07, 6.45) is 2.81. The molecule has 0 bridgehead atoms. The van der Waals surface area contributed by atoms with Gasteiger partial charge in [0, 0.05) is 23.3 Å². The number of ether oxygens (including phenoxy) is 1. The van der Waals surface area contributed by atoms with Crippen molar-refractivity contribution in [2.24, 2.45) is 0 Å². The Bertz CT molecular complexity index is 816. The van der Waals surface area contributed by atoms with Crippen LogP contribution in [0, 0.1) is 0 Å². The number of hydrogen-bond acceptors (Lipinski definition) is 4. The second-order valence-electron chi connectivity index (χ2n) is 4.28. The average Bonchev–Trinajstić information content (AvgIpc) is 2.90. The predicted octanol–water partition coefficient (Wildman–Crippen LogP) is 3.46. The van der Waals surface area contributed by atoms with Crippen LogP contribution in [0.4, 0.5) is 10.6 Å². The third kappa shape index (κ3) is 2.66. The Labute approximate surface area is 125 Å². The van der Waals surface area contributed by atoms with E-state index in [4.69, 9.17) is 11.6 Å². The average molecular weight is 303 g/mol. The number of fused-ring (bicyclic) bond motifs is 1. The summed E-state index contributed by atoms with van der Waals surface area (Å²) in [4.78, 5) is 22.9. The van der Waals surface area contributed by atoms with Crippen molar-refractivity contribution in [2.75, 3.05) is 12.4 Å². The molecule has 0 aliphatic rings. The van der Waals surface area contributed by atoms with E-state index in [2.05, 4.69) is 25.0 Å². The number of amides is 1. The minimum absolute atomic E-state index is 0.406. The lowest BCUT2D eigenvalue weighted by Gasteiger charge is -2.05. The smallest absolute Gasteiger partial charge is 0.412 e. The molecule has 3 rings (SSSR count). The van der Waals surface area contributed by atoms with Crippen LogP contribution in [0.5, 0.6) is 0 Å². The minimum atomic E-state index is -0.566. The van der Waals surface area contributed by atoms with Crippen molar-refractivity contribution in [3.63, 3.8) is 0 Å². The molecular formula is C14H11ClN4O2. The molecule has 0 unspecified atom stereocenters. The molecule has 3 aromatic rings. The van der Waals surface area contributed by atoms with Gasteiger partial charge in [-0.15, -0.1) is 0 Å². The summed E-state index contributed by atoms with van der Waals surface area (Å²) in [6, 6.07) is 7.13. The SMILES string of the molecule is COC(=O)Nc1cccc(-c2c[nH]c3ncc(Cl)cc23)n1. The van der Waals surface area contributed by atoms with Crippen molar-refractivity contribution in [3.05, 3.63) is 41.7 Å². The van der Waals surface area contributed by atoms with Crippen molar-refractivity contribution in [1.82, 2.24) is 15.0 Å². The molecule has 6 nitrogen and oxygen atoms in total. The van der Waals surface area contributed by atoms with Gasteiger partial charge in [0.15, 0.2) is 0 Å². The van der Waals surface area contributed by atoms with Gasteiger partial charge in [-0.25, -0.2) is 14.8 Å². The molecule has 0 aliphatic carbocycles. The number of anilines is 1. The van der Waals surface area contributed by atoms with Gasteiger partial charge in [-0.05, 0) is 18.2 Å². The highest BCUT2D eigenvalue weighted by atomic mass is 35.5. The van der Waals surface area contributed by atoms with Crippen LogP contribution in [-0.4, -0.2) is 28.2 Å². The van der Waals surface area contributed by atoms with E-state index in [0.29, 0.717) is 16.5 Å². The molecule has 0 saturated carbocycles. The Morgan fingerprint density at radius 3 is 3.10 bits per heavy atom. The van der Waals surface area contributed by atoms with E-state index < -0.39 is 6.09 Å². The highest BCUT2D eigenvalue weighted by molar-refractivity contribution is 6.31. The first-order valence-electron chi connectivity index (χ1n) is 6.12. The standard InChI is InChI=1S/C14H11ClN4O2/c1-21-14(20)19-12-4-2-3-11(18-12)10-7-17-13-9(10)5-8(15)6-16-13/h2-7H,1H3,(H,16,17)(H,18,19,20). The van der Waals surface area contributed by atoms with Gasteiger partial charge in [0.1, 0.15) is 11.5 Å². The number of H-pyrrole nitrogens is 1. The fraction of sp³-hybridized carbons (Fsp3) is 0.0714. The van der Waals surface area contributed by atoms with E-state index in [9.17, 15) is 4.79 Å². The Hall–Kier alpha value is -2.60. The zero-order chi connectivity index (χ0) is 14.8. The normalized spacial score (nSPS) is 10.6. The van der Waals surface area contributed by atoms with E-state index in [-0.39, 0.29) is 0 Å². The van der Waals surface area contributed by atoms with Gasteiger partial charge < -0.3 is 9.72 Å². The second-order valence-corrected chi connectivity index (χ2v) is 4.71. The third-order valence-electron chi connectivity index (χ3n) is 2.94. The molecule has 0 aliphatic heterocycles. The maximum absolute atomic E-state index is 11.2. The van der Waals surface area contributed by atoms with Gasteiger partial charge >= 0.3 is 6.09 Å². The van der Waals surface area contributed by atoms with Crippen LogP contribution in [0.3, 0.4) is 0 Å². The van der Waals surface area contributed by atoms with Gasteiger partial charge in [-0.1, -0.05) is 17.7 Å². The van der Waals surface area contributed by atoms with E-state index in [1.54, 1.807) is 24.5 Å². The molecular weight excluding hydrogens is 292 g/mol. The third-order valence-corrected chi connectivity index (χ3v) is 3.14. The lowest BCUT2D eigenvalue weighted by atomic mass is 10.1. The van der Waals surface area contributed by atoms with E-state index >= 15 is 0 Å². The molecule has 21 heavy (non-hydrogen) atoms. The molecule has 2 N–H and O–H groups in total. The van der Waals surface area contributed by atoms with Crippen molar-refractivity contribution in [3.8, 4) is 11.3 Å². The maximum atomic E-state index is 11.2. The van der Waals surface area contributed by atoms with Crippen molar-refractivity contribution >= 4 is 34.5 Å². The zero-order valence-corrected chi connectivity index (χ0v) is 11.8. The van der Waals surface area contributed by atoms with E-state index in [1.165, 1.54) is 7.11 Å². The first-order chi connectivity index (χ1) is 10.2. The topological polar surface area (TPSA) is 79.9 Å². The number of methoxy groups -OCH3 is 1. The van der Waals surface area contributed by atoms with Crippen molar-refractivity contribution in [1.29, 1.82) is 0 Å². The second kappa shape index (κ2) is 5.41. The minimum Gasteiger partial charge on any atom is -0.453 e. The first-order valence-corrected chi connectivity index (χ1v) is 6.50. The van der Waals surface area contributed by atoms with Crippen LogP contribution < -0.4 is 5.32 Å². The Morgan fingerprint density at radius 1 is 1.43 bits per heavy atom. The fourth-order valence-electron chi connectivity index (χ4n) is 2.00. The first kappa shape index (κ1) is 13.4. The Kier molecular flexibility index (Phi) is 3.45. The molecule has 3 heterocycles. The lowest BCUT2D eigenvalue weighted by Crippen LogP contribution is -2.12. The molecule has 0 aromatic carbocycles. The number of carbonyl (C=O) groups excluding carboxylic acids is 1. The molecule has 3 aromatic heterocycles. The van der Waals surface area contributed by atoms with Crippen LogP contribution >= 0.6 is 11.6 Å². The molecule has 0 spiro atoms. The fourth-order valence-corrected chi connectivity index (χ4v) is 2.16. The molecule has 0 atom stereocenters. The van der Waals surface area contributed by atoms with Crippen LogP contribution in [0.1, 0.15) is 0 Å². The summed E-state index contributed by atoms with van der Waals surface area (Å²) in [7, 11) is 1.30. The largest absolute Gasteiger partial charge is 0.453 e. The Balaban J connectivity index is 2.04. The number of hydrogen-bond donors (Lipinski definition) is 2. The van der Waals surface area contributed by atoms with Crippen LogP contribution in [0.2, 0.25) is 5.02 Å². The van der Waals surface area contributed by atoms with Crippen LogP contribution in [0.25, 0.3) is 22.3 Å². The summed E-state index contributed by atoms with van der Waals surface area (Å²) in [5.74, 6) is 0.406. The molecule has 7 heteroatoms. The number of carbonyl (C=O) groups is 1.